The number of fused-ring (bicyclic) bond motifs is 1. The van der Waals surface area contributed by atoms with E-state index in [1.807, 2.05) is 19.9 Å². The third-order valence-electron chi connectivity index (χ3n) is 3.87. The molecule has 0 unspecified atom stereocenters. The summed E-state index contributed by atoms with van der Waals surface area (Å²) in [5.41, 5.74) is 0.511. The summed E-state index contributed by atoms with van der Waals surface area (Å²) in [6.07, 6.45) is 1.66. The van der Waals surface area contributed by atoms with Gasteiger partial charge in [-0.25, -0.2) is 4.98 Å². The Labute approximate surface area is 165 Å². The van der Waals surface area contributed by atoms with Crippen molar-refractivity contribution in [3.63, 3.8) is 0 Å². The first kappa shape index (κ1) is 19.4. The standard InChI is InChI=1S/C20H20N2O3S2/c1-4-10-22-19(24)16-11-13(3)27-18(16)21-20(22)26-12-17(23)14-6-8-15(9-7-14)25-5-2/h4,6-9,11H,1,5,10,12H2,2-3H3. The zero-order chi connectivity index (χ0) is 19.4. The number of ether oxygens (including phenoxy) is 1. The van der Waals surface area contributed by atoms with Crippen LogP contribution in [0.25, 0.3) is 10.2 Å². The van der Waals surface area contributed by atoms with Gasteiger partial charge in [0.25, 0.3) is 5.56 Å². The van der Waals surface area contributed by atoms with Gasteiger partial charge >= 0.3 is 0 Å². The maximum atomic E-state index is 12.7. The molecule has 0 fully saturated rings. The minimum Gasteiger partial charge on any atom is -0.494 e. The molecular formula is C20H20N2O3S2. The van der Waals surface area contributed by atoms with Crippen molar-refractivity contribution in [2.24, 2.45) is 0 Å². The van der Waals surface area contributed by atoms with E-state index < -0.39 is 0 Å². The maximum absolute atomic E-state index is 12.7. The van der Waals surface area contributed by atoms with Crippen molar-refractivity contribution >= 4 is 39.1 Å². The van der Waals surface area contributed by atoms with Crippen molar-refractivity contribution in [3.8, 4) is 5.75 Å². The predicted molar refractivity (Wildman–Crippen MR) is 111 cm³/mol. The highest BCUT2D eigenvalue weighted by Crippen LogP contribution is 2.25. The number of aromatic nitrogens is 2. The molecule has 0 aliphatic heterocycles. The highest BCUT2D eigenvalue weighted by Gasteiger charge is 2.15. The van der Waals surface area contributed by atoms with Crippen LogP contribution < -0.4 is 10.3 Å². The van der Waals surface area contributed by atoms with E-state index in [0.29, 0.717) is 34.1 Å². The number of allylic oxidation sites excluding steroid dienone is 1. The molecule has 1 aromatic carbocycles. The molecule has 27 heavy (non-hydrogen) atoms. The van der Waals surface area contributed by atoms with Gasteiger partial charge in [0, 0.05) is 17.0 Å². The molecule has 0 radical (unpaired) electrons. The molecule has 140 valence electrons. The third kappa shape index (κ3) is 4.31. The first-order valence-corrected chi connectivity index (χ1v) is 10.3. The molecule has 0 N–H and O–H groups in total. The summed E-state index contributed by atoms with van der Waals surface area (Å²) in [4.78, 5) is 31.6. The smallest absolute Gasteiger partial charge is 0.263 e. The Morgan fingerprint density at radius 2 is 2.11 bits per heavy atom. The Morgan fingerprint density at radius 1 is 1.37 bits per heavy atom. The van der Waals surface area contributed by atoms with E-state index in [0.717, 1.165) is 10.6 Å². The van der Waals surface area contributed by atoms with Crippen molar-refractivity contribution in [2.45, 2.75) is 25.5 Å². The number of aryl methyl sites for hydroxylation is 1. The van der Waals surface area contributed by atoms with Gasteiger partial charge in [0.2, 0.25) is 0 Å². The monoisotopic (exact) mass is 400 g/mol. The number of Topliss-reactive ketones (excluding diaryl/α,β-unsaturated/α-hetero) is 1. The number of carbonyl (C=O) groups excluding carboxylic acids is 1. The van der Waals surface area contributed by atoms with Gasteiger partial charge in [-0.2, -0.15) is 0 Å². The second-order valence-electron chi connectivity index (χ2n) is 5.84. The number of thioether (sulfide) groups is 1. The third-order valence-corrected chi connectivity index (χ3v) is 5.79. The fraction of sp³-hybridized carbons (Fsp3) is 0.250. The van der Waals surface area contributed by atoms with E-state index >= 15 is 0 Å². The number of hydrogen-bond donors (Lipinski definition) is 0. The summed E-state index contributed by atoms with van der Waals surface area (Å²) in [5, 5.41) is 1.15. The number of rotatable bonds is 8. The first-order chi connectivity index (χ1) is 13.0. The van der Waals surface area contributed by atoms with Crippen molar-refractivity contribution in [3.05, 3.63) is 63.8 Å². The van der Waals surface area contributed by atoms with Crippen molar-refractivity contribution in [2.75, 3.05) is 12.4 Å². The second-order valence-corrected chi connectivity index (χ2v) is 8.02. The molecular weight excluding hydrogens is 380 g/mol. The zero-order valence-corrected chi connectivity index (χ0v) is 16.9. The number of hydrogen-bond acceptors (Lipinski definition) is 6. The van der Waals surface area contributed by atoms with E-state index in [1.54, 1.807) is 34.9 Å². The van der Waals surface area contributed by atoms with Crippen LogP contribution >= 0.6 is 23.1 Å². The van der Waals surface area contributed by atoms with Crippen LogP contribution in [-0.2, 0) is 6.54 Å². The lowest BCUT2D eigenvalue weighted by atomic mass is 10.1. The molecule has 2 heterocycles. The van der Waals surface area contributed by atoms with Crippen molar-refractivity contribution in [1.29, 1.82) is 0 Å². The number of thiophene rings is 1. The zero-order valence-electron chi connectivity index (χ0n) is 15.2. The van der Waals surface area contributed by atoms with Gasteiger partial charge in [0.15, 0.2) is 10.9 Å². The van der Waals surface area contributed by atoms with Crippen LogP contribution in [0.3, 0.4) is 0 Å². The lowest BCUT2D eigenvalue weighted by Gasteiger charge is -2.10. The number of carbonyl (C=O) groups is 1. The van der Waals surface area contributed by atoms with Crippen LogP contribution in [0.4, 0.5) is 0 Å². The Balaban J connectivity index is 1.83. The molecule has 0 saturated carbocycles. The molecule has 0 spiro atoms. The van der Waals surface area contributed by atoms with Gasteiger partial charge in [-0.15, -0.1) is 17.9 Å². The molecule has 0 bridgehead atoms. The Hall–Kier alpha value is -2.38. The van der Waals surface area contributed by atoms with Gasteiger partial charge < -0.3 is 4.74 Å². The van der Waals surface area contributed by atoms with Crippen LogP contribution in [0.5, 0.6) is 5.75 Å². The fourth-order valence-electron chi connectivity index (χ4n) is 2.64. The lowest BCUT2D eigenvalue weighted by Crippen LogP contribution is -2.22. The summed E-state index contributed by atoms with van der Waals surface area (Å²) < 4.78 is 6.96. The first-order valence-electron chi connectivity index (χ1n) is 8.54. The summed E-state index contributed by atoms with van der Waals surface area (Å²) in [6.45, 7) is 8.52. The van der Waals surface area contributed by atoms with Crippen LogP contribution in [0.2, 0.25) is 0 Å². The van der Waals surface area contributed by atoms with Crippen LogP contribution in [0, 0.1) is 6.92 Å². The van der Waals surface area contributed by atoms with Crippen LogP contribution in [-0.4, -0.2) is 27.7 Å². The molecule has 5 nitrogen and oxygen atoms in total. The maximum Gasteiger partial charge on any atom is 0.263 e. The number of ketones is 1. The number of nitrogens with zero attached hydrogens (tertiary/aromatic N) is 2. The molecule has 0 aliphatic carbocycles. The summed E-state index contributed by atoms with van der Waals surface area (Å²) >= 11 is 2.75. The minimum absolute atomic E-state index is 0.0232. The molecule has 2 aromatic heterocycles. The summed E-state index contributed by atoms with van der Waals surface area (Å²) in [6, 6.07) is 8.93. The molecule has 7 heteroatoms. The normalized spacial score (nSPS) is 10.9. The molecule has 0 amide bonds. The average Bonchev–Trinajstić information content (AvgIpc) is 3.04. The second kappa shape index (κ2) is 8.54. The fourth-order valence-corrected chi connectivity index (χ4v) is 4.46. The summed E-state index contributed by atoms with van der Waals surface area (Å²) in [7, 11) is 0. The van der Waals surface area contributed by atoms with E-state index in [-0.39, 0.29) is 17.1 Å². The Kier molecular flexibility index (Phi) is 6.13. The van der Waals surface area contributed by atoms with Crippen LogP contribution in [0.15, 0.2) is 52.9 Å². The van der Waals surface area contributed by atoms with Crippen LogP contribution in [0.1, 0.15) is 22.2 Å². The largest absolute Gasteiger partial charge is 0.494 e. The Morgan fingerprint density at radius 3 is 2.78 bits per heavy atom. The van der Waals surface area contributed by atoms with Gasteiger partial charge in [-0.3, -0.25) is 14.2 Å². The molecule has 0 atom stereocenters. The van der Waals surface area contributed by atoms with Gasteiger partial charge in [0.05, 0.1) is 17.7 Å². The van der Waals surface area contributed by atoms with Crippen molar-refractivity contribution < 1.29 is 9.53 Å². The highest BCUT2D eigenvalue weighted by molar-refractivity contribution is 7.99. The topological polar surface area (TPSA) is 61.2 Å². The molecule has 0 aliphatic rings. The minimum atomic E-state index is -0.0970. The summed E-state index contributed by atoms with van der Waals surface area (Å²) in [5.74, 6) is 0.916. The van der Waals surface area contributed by atoms with Gasteiger partial charge in [0.1, 0.15) is 10.6 Å². The lowest BCUT2D eigenvalue weighted by molar-refractivity contribution is 0.102. The van der Waals surface area contributed by atoms with E-state index in [1.165, 1.54) is 23.1 Å². The van der Waals surface area contributed by atoms with Gasteiger partial charge in [-0.1, -0.05) is 17.8 Å². The molecule has 3 rings (SSSR count). The molecule has 3 aromatic rings. The SMILES string of the molecule is C=CCn1c(SCC(=O)c2ccc(OCC)cc2)nc2sc(C)cc2c1=O. The average molecular weight is 401 g/mol. The van der Waals surface area contributed by atoms with E-state index in [4.69, 9.17) is 4.74 Å². The van der Waals surface area contributed by atoms with Gasteiger partial charge in [-0.05, 0) is 44.2 Å². The van der Waals surface area contributed by atoms with E-state index in [9.17, 15) is 9.59 Å². The Bertz CT molecular complexity index is 1040. The van der Waals surface area contributed by atoms with Crippen molar-refractivity contribution in [1.82, 2.24) is 9.55 Å². The predicted octanol–water partition coefficient (Wildman–Crippen LogP) is 4.33. The highest BCUT2D eigenvalue weighted by atomic mass is 32.2. The molecule has 0 saturated heterocycles. The number of benzene rings is 1. The van der Waals surface area contributed by atoms with E-state index in [2.05, 4.69) is 11.6 Å². The quantitative estimate of drug-likeness (QED) is 0.244.